The van der Waals surface area contributed by atoms with Crippen molar-refractivity contribution >= 4 is 17.8 Å². The number of anilines is 1. The van der Waals surface area contributed by atoms with Gasteiger partial charge >= 0.3 is 6.01 Å². The van der Waals surface area contributed by atoms with Crippen LogP contribution in [0.15, 0.2) is 4.42 Å². The molecule has 0 fully saturated rings. The van der Waals surface area contributed by atoms with E-state index in [1.165, 1.54) is 0 Å². The quantitative estimate of drug-likeness (QED) is 0.746. The number of rotatable bonds is 8. The Kier molecular flexibility index (Phi) is 6.36. The zero-order valence-corrected chi connectivity index (χ0v) is 11.8. The molecule has 0 saturated heterocycles. The van der Waals surface area contributed by atoms with Crippen LogP contribution in [0.25, 0.3) is 0 Å². The maximum atomic E-state index is 5.57. The van der Waals surface area contributed by atoms with Gasteiger partial charge in [0.1, 0.15) is 0 Å². The molecule has 5 nitrogen and oxygen atoms in total. The molecule has 1 aromatic rings. The highest BCUT2D eigenvalue weighted by Crippen LogP contribution is 2.15. The smallest absolute Gasteiger partial charge is 0.315 e. The summed E-state index contributed by atoms with van der Waals surface area (Å²) in [5, 5.41) is 14.5. The average molecular weight is 258 g/mol. The minimum Gasteiger partial charge on any atom is -0.406 e. The van der Waals surface area contributed by atoms with Crippen LogP contribution in [0, 0.1) is 0 Å². The maximum absolute atomic E-state index is 5.57. The highest BCUT2D eigenvalue weighted by molar-refractivity contribution is 7.98. The number of nitrogens with zero attached hydrogens (tertiary/aromatic N) is 2. The predicted molar refractivity (Wildman–Crippen MR) is 72.5 cm³/mol. The SMILES string of the molecule is CCNC(C)c1nnc(NC(CC)CSC)o1. The summed E-state index contributed by atoms with van der Waals surface area (Å²) in [4.78, 5) is 0. The van der Waals surface area contributed by atoms with Crippen molar-refractivity contribution in [2.45, 2.75) is 39.3 Å². The Morgan fingerprint density at radius 1 is 1.35 bits per heavy atom. The molecule has 6 heteroatoms. The summed E-state index contributed by atoms with van der Waals surface area (Å²) < 4.78 is 5.57. The molecule has 0 aromatic carbocycles. The van der Waals surface area contributed by atoms with Gasteiger partial charge in [0.2, 0.25) is 5.89 Å². The number of hydrogen-bond donors (Lipinski definition) is 2. The molecule has 2 unspecified atom stereocenters. The summed E-state index contributed by atoms with van der Waals surface area (Å²) >= 11 is 1.81. The van der Waals surface area contributed by atoms with Crippen LogP contribution in [-0.2, 0) is 0 Å². The number of hydrogen-bond acceptors (Lipinski definition) is 6. The summed E-state index contributed by atoms with van der Waals surface area (Å²) in [7, 11) is 0. The fourth-order valence-corrected chi connectivity index (χ4v) is 2.22. The third kappa shape index (κ3) is 4.55. The van der Waals surface area contributed by atoms with Crippen LogP contribution in [0.5, 0.6) is 0 Å². The molecule has 0 bridgehead atoms. The molecule has 98 valence electrons. The van der Waals surface area contributed by atoms with Crippen molar-refractivity contribution in [3.8, 4) is 0 Å². The number of aromatic nitrogens is 2. The summed E-state index contributed by atoms with van der Waals surface area (Å²) in [6.07, 6.45) is 3.14. The lowest BCUT2D eigenvalue weighted by Gasteiger charge is -2.13. The van der Waals surface area contributed by atoms with E-state index in [1.54, 1.807) is 0 Å². The molecular weight excluding hydrogens is 236 g/mol. The maximum Gasteiger partial charge on any atom is 0.315 e. The van der Waals surface area contributed by atoms with Gasteiger partial charge < -0.3 is 15.1 Å². The molecule has 1 rings (SSSR count). The normalized spacial score (nSPS) is 14.6. The average Bonchev–Trinajstić information content (AvgIpc) is 2.77. The monoisotopic (exact) mass is 258 g/mol. The molecule has 0 aliphatic carbocycles. The fraction of sp³-hybridized carbons (Fsp3) is 0.818. The van der Waals surface area contributed by atoms with Gasteiger partial charge in [-0.15, -0.1) is 5.10 Å². The van der Waals surface area contributed by atoms with Crippen LogP contribution in [0.4, 0.5) is 6.01 Å². The largest absolute Gasteiger partial charge is 0.406 e. The molecule has 1 heterocycles. The summed E-state index contributed by atoms with van der Waals surface area (Å²) in [5.41, 5.74) is 0. The fourth-order valence-electron chi connectivity index (χ4n) is 1.50. The highest BCUT2D eigenvalue weighted by atomic mass is 32.2. The lowest BCUT2D eigenvalue weighted by molar-refractivity contribution is 0.427. The summed E-state index contributed by atoms with van der Waals surface area (Å²) in [6.45, 7) is 7.10. The Morgan fingerprint density at radius 3 is 2.71 bits per heavy atom. The molecule has 0 aliphatic rings. The first-order valence-electron chi connectivity index (χ1n) is 6.03. The van der Waals surface area contributed by atoms with Crippen molar-refractivity contribution in [1.82, 2.24) is 15.5 Å². The first-order chi connectivity index (χ1) is 8.21. The second-order valence-corrected chi connectivity index (χ2v) is 4.84. The number of nitrogens with one attached hydrogen (secondary N) is 2. The van der Waals surface area contributed by atoms with E-state index >= 15 is 0 Å². The van der Waals surface area contributed by atoms with Gasteiger partial charge in [-0.1, -0.05) is 18.9 Å². The van der Waals surface area contributed by atoms with Crippen molar-refractivity contribution in [3.05, 3.63) is 5.89 Å². The lowest BCUT2D eigenvalue weighted by Crippen LogP contribution is -2.21. The molecule has 0 aliphatic heterocycles. The highest BCUT2D eigenvalue weighted by Gasteiger charge is 2.14. The third-order valence-corrected chi connectivity index (χ3v) is 3.25. The van der Waals surface area contributed by atoms with E-state index in [4.69, 9.17) is 4.42 Å². The van der Waals surface area contributed by atoms with Gasteiger partial charge in [0.25, 0.3) is 0 Å². The molecule has 0 amide bonds. The zero-order chi connectivity index (χ0) is 12.7. The molecule has 0 spiro atoms. The Labute approximate surface area is 107 Å². The molecular formula is C11H22N4OS. The second-order valence-electron chi connectivity index (χ2n) is 3.93. The van der Waals surface area contributed by atoms with E-state index in [0.717, 1.165) is 18.7 Å². The van der Waals surface area contributed by atoms with E-state index in [1.807, 2.05) is 18.7 Å². The van der Waals surface area contributed by atoms with E-state index in [-0.39, 0.29) is 6.04 Å². The lowest BCUT2D eigenvalue weighted by atomic mass is 10.3. The van der Waals surface area contributed by atoms with E-state index in [0.29, 0.717) is 17.9 Å². The Morgan fingerprint density at radius 2 is 2.12 bits per heavy atom. The Hall–Kier alpha value is -0.750. The van der Waals surface area contributed by atoms with E-state index < -0.39 is 0 Å². The Bertz CT molecular complexity index is 318. The van der Waals surface area contributed by atoms with Gasteiger partial charge in [-0.05, 0) is 26.1 Å². The molecule has 2 atom stereocenters. The van der Waals surface area contributed by atoms with Gasteiger partial charge in [0.05, 0.1) is 6.04 Å². The molecule has 2 N–H and O–H groups in total. The van der Waals surface area contributed by atoms with Crippen molar-refractivity contribution < 1.29 is 4.42 Å². The van der Waals surface area contributed by atoms with Crippen LogP contribution >= 0.6 is 11.8 Å². The van der Waals surface area contributed by atoms with Crippen molar-refractivity contribution in [1.29, 1.82) is 0 Å². The van der Waals surface area contributed by atoms with Crippen LogP contribution < -0.4 is 10.6 Å². The first kappa shape index (κ1) is 14.3. The molecule has 0 radical (unpaired) electrons. The van der Waals surface area contributed by atoms with Gasteiger partial charge in [0, 0.05) is 11.8 Å². The number of thioether (sulfide) groups is 1. The molecule has 1 aromatic heterocycles. The summed E-state index contributed by atoms with van der Waals surface area (Å²) in [5.74, 6) is 1.67. The van der Waals surface area contributed by atoms with Gasteiger partial charge in [0.15, 0.2) is 0 Å². The zero-order valence-electron chi connectivity index (χ0n) is 11.0. The van der Waals surface area contributed by atoms with Gasteiger partial charge in [-0.2, -0.15) is 11.8 Å². The summed E-state index contributed by atoms with van der Waals surface area (Å²) in [6, 6.07) is 1.00. The third-order valence-electron chi connectivity index (χ3n) is 2.51. The van der Waals surface area contributed by atoms with Gasteiger partial charge in [-0.25, -0.2) is 0 Å². The standard InChI is InChI=1S/C11H22N4OS/c1-5-9(7-17-4)13-11-15-14-10(16-11)8(3)12-6-2/h8-9,12H,5-7H2,1-4H3,(H,13,15). The van der Waals surface area contributed by atoms with Crippen molar-refractivity contribution in [3.63, 3.8) is 0 Å². The van der Waals surface area contributed by atoms with Crippen LogP contribution in [0.1, 0.15) is 39.1 Å². The van der Waals surface area contributed by atoms with Crippen LogP contribution in [0.3, 0.4) is 0 Å². The Balaban J connectivity index is 2.55. The first-order valence-corrected chi connectivity index (χ1v) is 7.42. The van der Waals surface area contributed by atoms with Gasteiger partial charge in [-0.3, -0.25) is 0 Å². The van der Waals surface area contributed by atoms with E-state index in [9.17, 15) is 0 Å². The molecule has 17 heavy (non-hydrogen) atoms. The van der Waals surface area contributed by atoms with Crippen molar-refractivity contribution in [2.75, 3.05) is 23.9 Å². The van der Waals surface area contributed by atoms with Crippen molar-refractivity contribution in [2.24, 2.45) is 0 Å². The minimum atomic E-state index is 0.101. The minimum absolute atomic E-state index is 0.101. The van der Waals surface area contributed by atoms with Crippen LogP contribution in [0.2, 0.25) is 0 Å². The topological polar surface area (TPSA) is 63.0 Å². The molecule has 0 saturated carbocycles. The second kappa shape index (κ2) is 7.55. The predicted octanol–water partition coefficient (Wildman–Crippen LogP) is 2.29. The van der Waals surface area contributed by atoms with E-state index in [2.05, 4.69) is 40.9 Å². The van der Waals surface area contributed by atoms with Crippen LogP contribution in [-0.4, -0.2) is 34.8 Å².